The Bertz CT molecular complexity index is 957. The van der Waals surface area contributed by atoms with Gasteiger partial charge in [0, 0.05) is 25.1 Å². The SMILES string of the molecule is CCC=CCC=CCC=CCC=CCC=CCC=CCCC(=O)NCCCC[C@H](NC(=O)C=CC(=O)OC)C(=O)O. The molecule has 226 valence electrons. The number of hydrogen-bond acceptors (Lipinski definition) is 5. The normalized spacial score (nSPS) is 13.0. The smallest absolute Gasteiger partial charge is 0.330 e. The first-order chi connectivity index (χ1) is 19.9. The minimum absolute atomic E-state index is 0.0550. The quantitative estimate of drug-likeness (QED) is 0.0597. The summed E-state index contributed by atoms with van der Waals surface area (Å²) in [6.07, 6.45) is 35.6. The Morgan fingerprint density at radius 2 is 1.24 bits per heavy atom. The number of amides is 2. The molecule has 0 rings (SSSR count). The molecule has 1 atom stereocenters. The molecular formula is C33H48N2O6. The summed E-state index contributed by atoms with van der Waals surface area (Å²) in [7, 11) is 1.18. The highest BCUT2D eigenvalue weighted by Gasteiger charge is 2.18. The van der Waals surface area contributed by atoms with E-state index in [-0.39, 0.29) is 12.3 Å². The Kier molecular flexibility index (Phi) is 25.0. The van der Waals surface area contributed by atoms with Gasteiger partial charge in [0.25, 0.3) is 0 Å². The number of rotatable bonds is 23. The maximum absolute atomic E-state index is 12.0. The lowest BCUT2D eigenvalue weighted by molar-refractivity contribution is -0.141. The van der Waals surface area contributed by atoms with E-state index in [1.165, 1.54) is 7.11 Å². The number of carboxylic acid groups (broad SMARTS) is 1. The Morgan fingerprint density at radius 3 is 1.73 bits per heavy atom. The molecule has 3 N–H and O–H groups in total. The third-order valence-electron chi connectivity index (χ3n) is 5.56. The molecule has 0 fully saturated rings. The monoisotopic (exact) mass is 568 g/mol. The zero-order valence-electron chi connectivity index (χ0n) is 24.6. The first kappa shape index (κ1) is 37.1. The van der Waals surface area contributed by atoms with Gasteiger partial charge < -0.3 is 20.5 Å². The summed E-state index contributed by atoms with van der Waals surface area (Å²) in [4.78, 5) is 46.0. The van der Waals surface area contributed by atoms with Gasteiger partial charge in [-0.15, -0.1) is 0 Å². The Morgan fingerprint density at radius 1 is 0.732 bits per heavy atom. The van der Waals surface area contributed by atoms with E-state index in [0.717, 1.165) is 50.7 Å². The van der Waals surface area contributed by atoms with Gasteiger partial charge in [-0.05, 0) is 64.2 Å². The first-order valence-corrected chi connectivity index (χ1v) is 14.4. The molecule has 41 heavy (non-hydrogen) atoms. The van der Waals surface area contributed by atoms with Crippen molar-refractivity contribution in [1.29, 1.82) is 0 Å². The van der Waals surface area contributed by atoms with Gasteiger partial charge in [-0.2, -0.15) is 0 Å². The summed E-state index contributed by atoms with van der Waals surface area (Å²) in [5, 5.41) is 14.4. The minimum Gasteiger partial charge on any atom is -0.480 e. The van der Waals surface area contributed by atoms with Crippen molar-refractivity contribution in [2.45, 2.75) is 83.6 Å². The zero-order valence-corrected chi connectivity index (χ0v) is 24.6. The highest BCUT2D eigenvalue weighted by atomic mass is 16.5. The summed E-state index contributed by atoms with van der Waals surface area (Å²) in [5.74, 6) is -2.61. The number of esters is 1. The van der Waals surface area contributed by atoms with Crippen LogP contribution in [0.15, 0.2) is 85.1 Å². The second kappa shape index (κ2) is 27.6. The zero-order chi connectivity index (χ0) is 30.4. The molecule has 0 aliphatic carbocycles. The second-order valence-corrected chi connectivity index (χ2v) is 9.06. The number of unbranched alkanes of at least 4 members (excludes halogenated alkanes) is 1. The van der Waals surface area contributed by atoms with Crippen LogP contribution in [0.25, 0.3) is 0 Å². The molecule has 0 unspecified atom stereocenters. The Labute approximate surface area is 245 Å². The van der Waals surface area contributed by atoms with Crippen LogP contribution < -0.4 is 10.6 Å². The van der Waals surface area contributed by atoms with Gasteiger partial charge in [0.1, 0.15) is 6.04 Å². The van der Waals surface area contributed by atoms with Gasteiger partial charge in [-0.25, -0.2) is 9.59 Å². The summed E-state index contributed by atoms with van der Waals surface area (Å²) in [6, 6.07) is -1.08. The molecule has 0 heterocycles. The van der Waals surface area contributed by atoms with Crippen LogP contribution in [0.5, 0.6) is 0 Å². The van der Waals surface area contributed by atoms with Crippen LogP contribution in [0.4, 0.5) is 0 Å². The number of nitrogens with one attached hydrogen (secondary N) is 2. The van der Waals surface area contributed by atoms with Gasteiger partial charge in [0.05, 0.1) is 7.11 Å². The molecule has 0 aliphatic rings. The number of aliphatic carboxylic acids is 1. The predicted molar refractivity (Wildman–Crippen MR) is 165 cm³/mol. The van der Waals surface area contributed by atoms with Crippen LogP contribution in [0.1, 0.15) is 77.6 Å². The highest BCUT2D eigenvalue weighted by Crippen LogP contribution is 2.02. The van der Waals surface area contributed by atoms with Crippen LogP contribution >= 0.6 is 0 Å². The second-order valence-electron chi connectivity index (χ2n) is 9.06. The van der Waals surface area contributed by atoms with Crippen LogP contribution in [0.3, 0.4) is 0 Å². The fraction of sp³-hybridized carbons (Fsp3) is 0.455. The standard InChI is InChI=1S/C33H48N2O6/c1-3-4-5-6-7-8-9-10-11-12-13-14-15-16-17-18-19-20-21-25-30(36)34-28-23-22-24-29(33(39)40)35-31(37)26-27-32(38)41-2/h4-5,7-8,10-11,13-14,16-17,19-20,26-27,29H,3,6,9,12,15,18,21-25,28H2,1-2H3,(H,34,36)(H,35,37)(H,39,40)/t29-/m0/s1. The first-order valence-electron chi connectivity index (χ1n) is 14.4. The van der Waals surface area contributed by atoms with Crippen molar-refractivity contribution in [2.24, 2.45) is 0 Å². The van der Waals surface area contributed by atoms with Crippen molar-refractivity contribution < 1.29 is 29.0 Å². The fourth-order valence-electron chi connectivity index (χ4n) is 3.33. The van der Waals surface area contributed by atoms with Crippen molar-refractivity contribution >= 4 is 23.8 Å². The average Bonchev–Trinajstić information content (AvgIpc) is 2.96. The minimum atomic E-state index is -1.16. The van der Waals surface area contributed by atoms with E-state index in [4.69, 9.17) is 0 Å². The van der Waals surface area contributed by atoms with Crippen molar-refractivity contribution in [3.8, 4) is 0 Å². The molecule has 0 saturated heterocycles. The molecule has 0 spiro atoms. The third-order valence-corrected chi connectivity index (χ3v) is 5.56. The molecule has 0 aromatic heterocycles. The topological polar surface area (TPSA) is 122 Å². The molecular weight excluding hydrogens is 520 g/mol. The van der Waals surface area contributed by atoms with Gasteiger partial charge >= 0.3 is 11.9 Å². The molecule has 0 saturated carbocycles. The number of hydrogen-bond donors (Lipinski definition) is 3. The number of carboxylic acids is 1. The van der Waals surface area contributed by atoms with Crippen molar-refractivity contribution in [1.82, 2.24) is 10.6 Å². The largest absolute Gasteiger partial charge is 0.480 e. The summed E-state index contributed by atoms with van der Waals surface area (Å²) in [6.45, 7) is 2.57. The number of methoxy groups -OCH3 is 1. The Hall–Kier alpha value is -3.94. The lowest BCUT2D eigenvalue weighted by atomic mass is 10.1. The number of carbonyl (C=O) groups excluding carboxylic acids is 3. The van der Waals surface area contributed by atoms with E-state index < -0.39 is 23.9 Å². The lowest BCUT2D eigenvalue weighted by Crippen LogP contribution is -2.40. The number of carbonyl (C=O) groups is 4. The molecule has 0 bridgehead atoms. The molecule has 0 aromatic rings. The molecule has 0 radical (unpaired) electrons. The molecule has 0 aromatic carbocycles. The van der Waals surface area contributed by atoms with Gasteiger partial charge in [-0.3, -0.25) is 9.59 Å². The molecule has 8 nitrogen and oxygen atoms in total. The van der Waals surface area contributed by atoms with Crippen LogP contribution in [-0.4, -0.2) is 48.6 Å². The maximum atomic E-state index is 12.0. The third kappa shape index (κ3) is 26.1. The van der Waals surface area contributed by atoms with Crippen molar-refractivity contribution in [3.05, 3.63) is 85.1 Å². The summed E-state index contributed by atoms with van der Waals surface area (Å²) in [5.41, 5.74) is 0. The lowest BCUT2D eigenvalue weighted by Gasteiger charge is -2.13. The average molecular weight is 569 g/mol. The molecule has 0 aliphatic heterocycles. The molecule has 2 amide bonds. The van der Waals surface area contributed by atoms with Crippen LogP contribution in [0, 0.1) is 0 Å². The summed E-state index contributed by atoms with van der Waals surface area (Å²) >= 11 is 0. The van der Waals surface area contributed by atoms with E-state index in [1.54, 1.807) is 0 Å². The number of ether oxygens (including phenoxy) is 1. The van der Waals surface area contributed by atoms with Crippen molar-refractivity contribution in [2.75, 3.05) is 13.7 Å². The predicted octanol–water partition coefficient (Wildman–Crippen LogP) is 6.05. The van der Waals surface area contributed by atoms with E-state index in [9.17, 15) is 24.3 Å². The molecule has 8 heteroatoms. The van der Waals surface area contributed by atoms with Gasteiger partial charge in [0.15, 0.2) is 0 Å². The van der Waals surface area contributed by atoms with E-state index in [1.807, 2.05) is 12.2 Å². The van der Waals surface area contributed by atoms with Crippen molar-refractivity contribution in [3.63, 3.8) is 0 Å². The highest BCUT2D eigenvalue weighted by molar-refractivity contribution is 5.96. The van der Waals surface area contributed by atoms with E-state index in [2.05, 4.69) is 83.1 Å². The van der Waals surface area contributed by atoms with E-state index >= 15 is 0 Å². The maximum Gasteiger partial charge on any atom is 0.330 e. The van der Waals surface area contributed by atoms with Crippen LogP contribution in [-0.2, 0) is 23.9 Å². The van der Waals surface area contributed by atoms with Gasteiger partial charge in [0.2, 0.25) is 11.8 Å². The van der Waals surface area contributed by atoms with Gasteiger partial charge in [-0.1, -0.05) is 79.8 Å². The Balaban J connectivity index is 3.85. The summed E-state index contributed by atoms with van der Waals surface area (Å²) < 4.78 is 4.38. The van der Waals surface area contributed by atoms with Crippen LogP contribution in [0.2, 0.25) is 0 Å². The number of allylic oxidation sites excluding steroid dienone is 12. The van der Waals surface area contributed by atoms with E-state index in [0.29, 0.717) is 32.2 Å². The fourth-order valence-corrected chi connectivity index (χ4v) is 3.33.